The molecule has 5 heterocycles. The van der Waals surface area contributed by atoms with Crippen molar-refractivity contribution >= 4 is 39.8 Å². The molecule has 200 valence electrons. The van der Waals surface area contributed by atoms with Gasteiger partial charge in [0.05, 0.1) is 40.2 Å². The van der Waals surface area contributed by atoms with Crippen molar-refractivity contribution in [1.82, 2.24) is 24.5 Å². The fourth-order valence-corrected chi connectivity index (χ4v) is 5.12. The van der Waals surface area contributed by atoms with Crippen LogP contribution in [0.15, 0.2) is 53.6 Å². The van der Waals surface area contributed by atoms with Crippen LogP contribution in [0.2, 0.25) is 0 Å². The van der Waals surface area contributed by atoms with E-state index in [4.69, 9.17) is 33.9 Å². The Balaban J connectivity index is 1.44. The smallest absolute Gasteiger partial charge is 0.203 e. The Morgan fingerprint density at radius 1 is 0.949 bits per heavy atom. The van der Waals surface area contributed by atoms with Crippen molar-refractivity contribution in [2.75, 3.05) is 57.8 Å². The zero-order chi connectivity index (χ0) is 26.8. The van der Waals surface area contributed by atoms with E-state index in [0.717, 1.165) is 30.2 Å². The number of rotatable bonds is 8. The van der Waals surface area contributed by atoms with E-state index in [1.54, 1.807) is 45.2 Å². The van der Waals surface area contributed by atoms with Crippen molar-refractivity contribution in [3.8, 4) is 34.3 Å². The molecule has 0 saturated carbocycles. The van der Waals surface area contributed by atoms with E-state index in [0.29, 0.717) is 59.0 Å². The Morgan fingerprint density at radius 2 is 1.74 bits per heavy atom. The van der Waals surface area contributed by atoms with Gasteiger partial charge in [0.25, 0.3) is 0 Å². The van der Waals surface area contributed by atoms with Gasteiger partial charge in [0.1, 0.15) is 12.1 Å². The van der Waals surface area contributed by atoms with Crippen molar-refractivity contribution < 1.29 is 18.9 Å². The number of nitrogens with one attached hydrogen (secondary N) is 1. The number of aromatic nitrogens is 5. The van der Waals surface area contributed by atoms with Gasteiger partial charge in [-0.05, 0) is 23.6 Å². The standard InChI is InChI=1S/C27H27N7O4S/c1-35-20-12-18(13-21(36-2)24(20)37-3)30-26-23-27(34(16-29-23)19-6-11-39-15-19)32-25(31-26)17-4-5-22(28-14-17)33-7-9-38-10-8-33/h4-6,11-16H,7-10H2,1-3H3,(H,30,31,32). The summed E-state index contributed by atoms with van der Waals surface area (Å²) in [5.74, 6) is 3.52. The summed E-state index contributed by atoms with van der Waals surface area (Å²) in [6.07, 6.45) is 3.56. The molecule has 0 unspecified atom stereocenters. The number of fused-ring (bicyclic) bond motifs is 1. The summed E-state index contributed by atoms with van der Waals surface area (Å²) in [4.78, 5) is 21.4. The highest BCUT2D eigenvalue weighted by atomic mass is 32.1. The minimum atomic E-state index is 0.507. The number of morpholine rings is 1. The number of benzene rings is 1. The summed E-state index contributed by atoms with van der Waals surface area (Å²) in [6.45, 7) is 3.03. The summed E-state index contributed by atoms with van der Waals surface area (Å²) in [7, 11) is 4.74. The maximum Gasteiger partial charge on any atom is 0.203 e. The van der Waals surface area contributed by atoms with Gasteiger partial charge in [-0.1, -0.05) is 0 Å². The highest BCUT2D eigenvalue weighted by molar-refractivity contribution is 7.08. The molecule has 6 rings (SSSR count). The molecular weight excluding hydrogens is 518 g/mol. The molecule has 1 saturated heterocycles. The molecule has 0 atom stereocenters. The van der Waals surface area contributed by atoms with Crippen LogP contribution in [0.3, 0.4) is 0 Å². The molecule has 12 heteroatoms. The Kier molecular flexibility index (Phi) is 6.86. The van der Waals surface area contributed by atoms with Gasteiger partial charge in [0.2, 0.25) is 5.75 Å². The topological polar surface area (TPSA) is 109 Å². The number of methoxy groups -OCH3 is 3. The Hall–Kier alpha value is -4.42. The van der Waals surface area contributed by atoms with Gasteiger partial charge in [-0.15, -0.1) is 0 Å². The predicted molar refractivity (Wildman–Crippen MR) is 150 cm³/mol. The van der Waals surface area contributed by atoms with Gasteiger partial charge in [-0.3, -0.25) is 4.57 Å². The van der Waals surface area contributed by atoms with Gasteiger partial charge in [0, 0.05) is 48.0 Å². The quantitative estimate of drug-likeness (QED) is 0.298. The molecule has 1 N–H and O–H groups in total. The zero-order valence-electron chi connectivity index (χ0n) is 21.7. The van der Waals surface area contributed by atoms with E-state index in [1.807, 2.05) is 45.7 Å². The van der Waals surface area contributed by atoms with E-state index in [-0.39, 0.29) is 0 Å². The molecule has 1 aromatic carbocycles. The van der Waals surface area contributed by atoms with Gasteiger partial charge >= 0.3 is 0 Å². The van der Waals surface area contributed by atoms with Gasteiger partial charge in [0.15, 0.2) is 34.3 Å². The van der Waals surface area contributed by atoms with Crippen molar-refractivity contribution in [2.24, 2.45) is 0 Å². The number of pyridine rings is 1. The number of thiophene rings is 1. The Bertz CT molecular complexity index is 1560. The SMILES string of the molecule is COc1cc(Nc2nc(-c3ccc(N4CCOCC4)nc3)nc3c2ncn3-c2ccsc2)cc(OC)c1OC. The second-order valence-electron chi connectivity index (χ2n) is 8.71. The number of nitrogens with zero attached hydrogens (tertiary/aromatic N) is 6. The number of anilines is 3. The third-order valence-corrected chi connectivity index (χ3v) is 7.12. The fraction of sp³-hybridized carbons (Fsp3) is 0.259. The molecule has 1 fully saturated rings. The maximum absolute atomic E-state index is 5.54. The van der Waals surface area contributed by atoms with Crippen LogP contribution in [0.25, 0.3) is 28.2 Å². The first-order valence-electron chi connectivity index (χ1n) is 12.3. The lowest BCUT2D eigenvalue weighted by Crippen LogP contribution is -2.36. The molecule has 0 aliphatic carbocycles. The van der Waals surface area contributed by atoms with Gasteiger partial charge in [-0.25, -0.2) is 19.9 Å². The van der Waals surface area contributed by atoms with Crippen LogP contribution in [0.4, 0.5) is 17.3 Å². The lowest BCUT2D eigenvalue weighted by Gasteiger charge is -2.27. The van der Waals surface area contributed by atoms with Crippen molar-refractivity contribution in [2.45, 2.75) is 0 Å². The van der Waals surface area contributed by atoms with Crippen LogP contribution in [0, 0.1) is 0 Å². The molecule has 0 radical (unpaired) electrons. The number of imidazole rings is 1. The summed E-state index contributed by atoms with van der Waals surface area (Å²) in [5, 5.41) is 7.47. The number of hydrogen-bond donors (Lipinski definition) is 1. The van der Waals surface area contributed by atoms with E-state index in [2.05, 4.69) is 15.2 Å². The zero-order valence-corrected chi connectivity index (χ0v) is 22.6. The summed E-state index contributed by atoms with van der Waals surface area (Å²) < 4.78 is 24.0. The van der Waals surface area contributed by atoms with Crippen LogP contribution >= 0.6 is 11.3 Å². The molecule has 39 heavy (non-hydrogen) atoms. The normalized spacial score (nSPS) is 13.5. The number of hydrogen-bond acceptors (Lipinski definition) is 11. The monoisotopic (exact) mass is 545 g/mol. The Labute approximate surface area is 229 Å². The van der Waals surface area contributed by atoms with Crippen molar-refractivity contribution in [3.63, 3.8) is 0 Å². The van der Waals surface area contributed by atoms with Crippen LogP contribution in [0.1, 0.15) is 0 Å². The highest BCUT2D eigenvalue weighted by Gasteiger charge is 2.19. The first-order valence-corrected chi connectivity index (χ1v) is 13.3. The van der Waals surface area contributed by atoms with Crippen LogP contribution in [-0.2, 0) is 4.74 Å². The molecule has 11 nitrogen and oxygen atoms in total. The van der Waals surface area contributed by atoms with Crippen molar-refractivity contribution in [1.29, 1.82) is 0 Å². The maximum atomic E-state index is 5.54. The molecule has 4 aromatic heterocycles. The third-order valence-electron chi connectivity index (χ3n) is 6.45. The molecule has 1 aliphatic heterocycles. The summed E-state index contributed by atoms with van der Waals surface area (Å²) >= 11 is 1.61. The minimum absolute atomic E-state index is 0.507. The molecule has 0 bridgehead atoms. The molecular formula is C27H27N7O4S. The van der Waals surface area contributed by atoms with Gasteiger partial charge in [-0.2, -0.15) is 11.3 Å². The molecule has 1 aliphatic rings. The van der Waals surface area contributed by atoms with E-state index >= 15 is 0 Å². The van der Waals surface area contributed by atoms with Crippen LogP contribution in [0.5, 0.6) is 17.2 Å². The molecule has 0 spiro atoms. The van der Waals surface area contributed by atoms with Gasteiger partial charge < -0.3 is 29.2 Å². The van der Waals surface area contributed by atoms with Crippen LogP contribution in [-0.4, -0.2) is 72.1 Å². The largest absolute Gasteiger partial charge is 0.493 e. The van der Waals surface area contributed by atoms with Crippen molar-refractivity contribution in [3.05, 3.63) is 53.6 Å². The first kappa shape index (κ1) is 24.9. The Morgan fingerprint density at radius 3 is 2.38 bits per heavy atom. The lowest BCUT2D eigenvalue weighted by atomic mass is 10.2. The molecule has 0 amide bonds. The van der Waals surface area contributed by atoms with Crippen LogP contribution < -0.4 is 24.4 Å². The number of ether oxygens (including phenoxy) is 4. The molecule has 5 aromatic rings. The second kappa shape index (κ2) is 10.8. The average Bonchev–Trinajstić information content (AvgIpc) is 3.67. The second-order valence-corrected chi connectivity index (χ2v) is 9.49. The third kappa shape index (κ3) is 4.79. The minimum Gasteiger partial charge on any atom is -0.493 e. The summed E-state index contributed by atoms with van der Waals surface area (Å²) in [5.41, 5.74) is 3.76. The van der Waals surface area contributed by atoms with E-state index in [1.165, 1.54) is 0 Å². The fourth-order valence-electron chi connectivity index (χ4n) is 4.49. The van der Waals surface area contributed by atoms with E-state index in [9.17, 15) is 0 Å². The lowest BCUT2D eigenvalue weighted by molar-refractivity contribution is 0.122. The highest BCUT2D eigenvalue weighted by Crippen LogP contribution is 2.41. The average molecular weight is 546 g/mol. The summed E-state index contributed by atoms with van der Waals surface area (Å²) in [6, 6.07) is 9.66. The predicted octanol–water partition coefficient (Wildman–Crippen LogP) is 4.55. The first-order chi connectivity index (χ1) is 19.2. The van der Waals surface area contributed by atoms with E-state index < -0.39 is 0 Å².